The quantitative estimate of drug-likeness (QED) is 0.775. The summed E-state index contributed by atoms with van der Waals surface area (Å²) in [6, 6.07) is 6.60. The number of anilines is 1. The normalized spacial score (nSPS) is 20.3. The molecule has 1 aliphatic heterocycles. The van der Waals surface area contributed by atoms with Crippen LogP contribution in [0.15, 0.2) is 24.3 Å². The molecule has 0 aromatic heterocycles. The molecule has 1 aromatic rings. The first-order valence-electron chi connectivity index (χ1n) is 4.99. The number of phenols is 1. The minimum atomic E-state index is -2.64. The number of piperidine rings is 1. The van der Waals surface area contributed by atoms with Gasteiger partial charge in [0.25, 0.3) is 5.92 Å². The smallest absolute Gasteiger partial charge is 0.265 e. The lowest BCUT2D eigenvalue weighted by atomic mass is 10.1. The van der Waals surface area contributed by atoms with Crippen LogP contribution in [0, 0.1) is 0 Å². The number of hydrogen-bond donors (Lipinski definition) is 1. The van der Waals surface area contributed by atoms with Crippen LogP contribution in [-0.4, -0.2) is 24.1 Å². The maximum absolute atomic E-state index is 13.1. The number of rotatable bonds is 1. The lowest BCUT2D eigenvalue weighted by Crippen LogP contribution is -2.42. The van der Waals surface area contributed by atoms with Crippen molar-refractivity contribution in [3.05, 3.63) is 24.3 Å². The lowest BCUT2D eigenvalue weighted by Gasteiger charge is -2.34. The van der Waals surface area contributed by atoms with E-state index in [9.17, 15) is 13.9 Å². The highest BCUT2D eigenvalue weighted by Gasteiger charge is 2.35. The summed E-state index contributed by atoms with van der Waals surface area (Å²) < 4.78 is 26.3. The van der Waals surface area contributed by atoms with E-state index in [4.69, 9.17) is 0 Å². The summed E-state index contributed by atoms with van der Waals surface area (Å²) in [5, 5.41) is 9.55. The molecule has 0 unspecified atom stereocenters. The number of aromatic hydroxyl groups is 1. The predicted molar refractivity (Wildman–Crippen MR) is 54.5 cm³/mol. The number of hydrogen-bond acceptors (Lipinski definition) is 2. The zero-order valence-electron chi connectivity index (χ0n) is 8.29. The molecule has 0 spiro atoms. The van der Waals surface area contributed by atoms with Gasteiger partial charge < -0.3 is 10.0 Å². The van der Waals surface area contributed by atoms with Gasteiger partial charge in [0.05, 0.1) is 12.2 Å². The number of halogens is 2. The molecule has 15 heavy (non-hydrogen) atoms. The van der Waals surface area contributed by atoms with Crippen molar-refractivity contribution in [1.82, 2.24) is 0 Å². The van der Waals surface area contributed by atoms with Crippen LogP contribution in [0.2, 0.25) is 0 Å². The molecule has 1 N–H and O–H groups in total. The molecule has 0 saturated carbocycles. The summed E-state index contributed by atoms with van der Waals surface area (Å²) in [7, 11) is 0. The Labute approximate surface area is 87.1 Å². The van der Waals surface area contributed by atoms with Gasteiger partial charge in [-0.1, -0.05) is 12.1 Å². The van der Waals surface area contributed by atoms with E-state index in [-0.39, 0.29) is 18.7 Å². The van der Waals surface area contributed by atoms with Crippen molar-refractivity contribution in [2.45, 2.75) is 18.8 Å². The van der Waals surface area contributed by atoms with E-state index in [2.05, 4.69) is 0 Å². The molecule has 0 amide bonds. The molecule has 1 fully saturated rings. The maximum Gasteiger partial charge on any atom is 0.265 e. The third-order valence-electron chi connectivity index (χ3n) is 2.62. The van der Waals surface area contributed by atoms with Gasteiger partial charge in [-0.25, -0.2) is 8.78 Å². The van der Waals surface area contributed by atoms with Crippen LogP contribution in [-0.2, 0) is 0 Å². The fraction of sp³-hybridized carbons (Fsp3) is 0.455. The van der Waals surface area contributed by atoms with Gasteiger partial charge in [0.15, 0.2) is 0 Å². The predicted octanol–water partition coefficient (Wildman–Crippen LogP) is 2.63. The summed E-state index contributed by atoms with van der Waals surface area (Å²) in [5.41, 5.74) is 0.497. The van der Waals surface area contributed by atoms with Crippen molar-refractivity contribution in [2.75, 3.05) is 18.0 Å². The number of nitrogens with zero attached hydrogens (tertiary/aromatic N) is 1. The van der Waals surface area contributed by atoms with E-state index in [0.29, 0.717) is 18.7 Å². The summed E-state index contributed by atoms with van der Waals surface area (Å²) in [6.07, 6.45) is 0.401. The fourth-order valence-electron chi connectivity index (χ4n) is 1.90. The molecule has 0 bridgehead atoms. The van der Waals surface area contributed by atoms with E-state index in [0.717, 1.165) is 0 Å². The summed E-state index contributed by atoms with van der Waals surface area (Å²) in [6.45, 7) is 0.276. The second kappa shape index (κ2) is 3.68. The summed E-state index contributed by atoms with van der Waals surface area (Å²) >= 11 is 0. The summed E-state index contributed by atoms with van der Waals surface area (Å²) in [4.78, 5) is 1.54. The molecule has 1 aliphatic rings. The van der Waals surface area contributed by atoms with Crippen LogP contribution in [0.4, 0.5) is 14.5 Å². The number of alkyl halides is 2. The van der Waals surface area contributed by atoms with E-state index < -0.39 is 5.92 Å². The van der Waals surface area contributed by atoms with Crippen LogP contribution in [0.25, 0.3) is 0 Å². The molecule has 2 rings (SSSR count). The second-order valence-electron chi connectivity index (χ2n) is 3.87. The topological polar surface area (TPSA) is 23.5 Å². The molecule has 4 heteroatoms. The third-order valence-corrected chi connectivity index (χ3v) is 2.62. The van der Waals surface area contributed by atoms with E-state index >= 15 is 0 Å². The van der Waals surface area contributed by atoms with Gasteiger partial charge in [0.2, 0.25) is 0 Å². The highest BCUT2D eigenvalue weighted by atomic mass is 19.3. The SMILES string of the molecule is Oc1ccccc1N1CCCC(F)(F)C1. The van der Waals surface area contributed by atoms with Crippen LogP contribution < -0.4 is 4.90 Å². The molecule has 1 aromatic carbocycles. The standard InChI is InChI=1S/C11H13F2NO/c12-11(13)6-3-7-14(8-11)9-4-1-2-5-10(9)15/h1-2,4-5,15H,3,6-8H2. The molecule has 0 radical (unpaired) electrons. The molecule has 0 aliphatic carbocycles. The maximum atomic E-state index is 13.1. The Morgan fingerprint density at radius 3 is 2.67 bits per heavy atom. The van der Waals surface area contributed by atoms with Gasteiger partial charge in [-0.3, -0.25) is 0 Å². The van der Waals surface area contributed by atoms with Gasteiger partial charge >= 0.3 is 0 Å². The van der Waals surface area contributed by atoms with Crippen LogP contribution in [0.1, 0.15) is 12.8 Å². The van der Waals surface area contributed by atoms with Gasteiger partial charge in [0, 0.05) is 13.0 Å². The first-order chi connectivity index (χ1) is 7.08. The summed E-state index contributed by atoms with van der Waals surface area (Å²) in [5.74, 6) is -2.57. The van der Waals surface area contributed by atoms with Crippen molar-refractivity contribution in [1.29, 1.82) is 0 Å². The van der Waals surface area contributed by atoms with Gasteiger partial charge in [0.1, 0.15) is 5.75 Å². The van der Waals surface area contributed by atoms with Gasteiger partial charge in [-0.2, -0.15) is 0 Å². The molecule has 0 atom stereocenters. The zero-order valence-corrected chi connectivity index (χ0v) is 8.29. The average molecular weight is 213 g/mol. The molecule has 1 heterocycles. The highest BCUT2D eigenvalue weighted by molar-refractivity contribution is 5.57. The van der Waals surface area contributed by atoms with Gasteiger partial charge in [-0.15, -0.1) is 0 Å². The van der Waals surface area contributed by atoms with Gasteiger partial charge in [-0.05, 0) is 18.6 Å². The van der Waals surface area contributed by atoms with Crippen LogP contribution in [0.3, 0.4) is 0 Å². The van der Waals surface area contributed by atoms with Crippen molar-refractivity contribution in [3.63, 3.8) is 0 Å². The van der Waals surface area contributed by atoms with Crippen molar-refractivity contribution in [3.8, 4) is 5.75 Å². The lowest BCUT2D eigenvalue weighted by molar-refractivity contribution is -0.0117. The zero-order chi connectivity index (χ0) is 10.9. The van der Waals surface area contributed by atoms with Crippen molar-refractivity contribution < 1.29 is 13.9 Å². The van der Waals surface area contributed by atoms with E-state index in [1.165, 1.54) is 6.07 Å². The molecule has 2 nitrogen and oxygen atoms in total. The number of phenolic OH excluding ortho intramolecular Hbond substituents is 1. The first-order valence-corrected chi connectivity index (χ1v) is 4.99. The first kappa shape index (κ1) is 10.2. The Bertz CT molecular complexity index is 354. The Morgan fingerprint density at radius 1 is 1.27 bits per heavy atom. The monoisotopic (exact) mass is 213 g/mol. The average Bonchev–Trinajstić information content (AvgIpc) is 2.17. The molecule has 82 valence electrons. The van der Waals surface area contributed by atoms with Crippen LogP contribution >= 0.6 is 0 Å². The molecular weight excluding hydrogens is 200 g/mol. The Morgan fingerprint density at radius 2 is 2.00 bits per heavy atom. The van der Waals surface area contributed by atoms with E-state index in [1.54, 1.807) is 23.1 Å². The third kappa shape index (κ3) is 2.19. The minimum Gasteiger partial charge on any atom is -0.506 e. The Balaban J connectivity index is 2.21. The number of para-hydroxylation sites is 2. The highest BCUT2D eigenvalue weighted by Crippen LogP contribution is 2.33. The number of benzene rings is 1. The van der Waals surface area contributed by atoms with Crippen molar-refractivity contribution in [2.24, 2.45) is 0 Å². The molecule has 1 saturated heterocycles. The fourth-order valence-corrected chi connectivity index (χ4v) is 1.90. The van der Waals surface area contributed by atoms with Crippen molar-refractivity contribution >= 4 is 5.69 Å². The minimum absolute atomic E-state index is 0.0584. The molecular formula is C11H13F2NO. The second-order valence-corrected chi connectivity index (χ2v) is 3.87. The largest absolute Gasteiger partial charge is 0.506 e. The Kier molecular flexibility index (Phi) is 2.50. The van der Waals surface area contributed by atoms with E-state index in [1.807, 2.05) is 0 Å². The Hall–Kier alpha value is -1.32. The van der Waals surface area contributed by atoms with Crippen LogP contribution in [0.5, 0.6) is 5.75 Å².